The minimum atomic E-state index is -0.677. The molecule has 2 fully saturated rings. The van der Waals surface area contributed by atoms with Crippen molar-refractivity contribution in [3.8, 4) is 0 Å². The number of carbonyl (C=O) groups is 1. The van der Waals surface area contributed by atoms with E-state index in [0.717, 1.165) is 38.4 Å². The molecule has 0 saturated carbocycles. The van der Waals surface area contributed by atoms with Crippen LogP contribution in [-0.2, 0) is 22.6 Å². The molecule has 0 radical (unpaired) electrons. The van der Waals surface area contributed by atoms with Crippen LogP contribution in [0.2, 0.25) is 0 Å². The van der Waals surface area contributed by atoms with Crippen LogP contribution < -0.4 is 10.6 Å². The summed E-state index contributed by atoms with van der Waals surface area (Å²) in [5.41, 5.74) is 1.85. The highest BCUT2D eigenvalue weighted by Gasteiger charge is 2.39. The van der Waals surface area contributed by atoms with E-state index in [9.17, 15) is 4.79 Å². The van der Waals surface area contributed by atoms with Crippen LogP contribution >= 0.6 is 24.8 Å². The molecule has 0 aromatic heterocycles. The molecule has 1 aromatic carbocycles. The molecule has 160 valence electrons. The van der Waals surface area contributed by atoms with Crippen molar-refractivity contribution in [2.24, 2.45) is 5.92 Å². The van der Waals surface area contributed by atoms with E-state index in [0.29, 0.717) is 6.54 Å². The van der Waals surface area contributed by atoms with E-state index >= 15 is 0 Å². The number of carbonyl (C=O) groups excluding carboxylic acids is 1. The van der Waals surface area contributed by atoms with E-state index in [1.165, 1.54) is 37.1 Å². The largest absolute Gasteiger partial charge is 0.368 e. The van der Waals surface area contributed by atoms with Crippen molar-refractivity contribution in [2.45, 2.75) is 51.3 Å². The number of nitrogens with one attached hydrogen (secondary N) is 2. The quantitative estimate of drug-likeness (QED) is 0.725. The third-order valence-corrected chi connectivity index (χ3v) is 6.04. The number of ether oxygens (including phenoxy) is 1. The van der Waals surface area contributed by atoms with Crippen LogP contribution in [0.3, 0.4) is 0 Å². The van der Waals surface area contributed by atoms with Gasteiger partial charge < -0.3 is 15.4 Å². The molecule has 0 unspecified atom stereocenters. The van der Waals surface area contributed by atoms with Crippen molar-refractivity contribution in [1.29, 1.82) is 0 Å². The summed E-state index contributed by atoms with van der Waals surface area (Å²) < 4.78 is 5.63. The summed E-state index contributed by atoms with van der Waals surface area (Å²) in [4.78, 5) is 15.3. The number of likely N-dealkylation sites (tertiary alicyclic amines) is 1. The molecule has 0 aliphatic carbocycles. The molecule has 28 heavy (non-hydrogen) atoms. The number of methoxy groups -OCH3 is 1. The molecule has 7 heteroatoms. The molecule has 3 rings (SSSR count). The van der Waals surface area contributed by atoms with Crippen LogP contribution in [0, 0.1) is 5.92 Å². The lowest BCUT2D eigenvalue weighted by Crippen LogP contribution is -2.54. The van der Waals surface area contributed by atoms with Gasteiger partial charge in [-0.15, -0.1) is 24.8 Å². The van der Waals surface area contributed by atoms with Crippen molar-refractivity contribution in [2.75, 3.05) is 33.3 Å². The van der Waals surface area contributed by atoms with Gasteiger partial charge in [0.25, 0.3) is 5.91 Å². The van der Waals surface area contributed by atoms with Crippen LogP contribution in [0.5, 0.6) is 0 Å². The zero-order valence-corrected chi connectivity index (χ0v) is 18.7. The number of benzene rings is 1. The average molecular weight is 432 g/mol. The Labute approximate surface area is 181 Å². The predicted octanol–water partition coefficient (Wildman–Crippen LogP) is 3.15. The van der Waals surface area contributed by atoms with Gasteiger partial charge in [-0.05, 0) is 68.9 Å². The second-order valence-corrected chi connectivity index (χ2v) is 7.86. The Hall–Kier alpha value is -0.850. The summed E-state index contributed by atoms with van der Waals surface area (Å²) in [6.45, 7) is 7.86. The second-order valence-electron chi connectivity index (χ2n) is 7.86. The highest BCUT2D eigenvalue weighted by Crippen LogP contribution is 2.23. The molecule has 2 N–H and O–H groups in total. The number of piperidine rings is 2. The molecule has 2 heterocycles. The predicted molar refractivity (Wildman–Crippen MR) is 118 cm³/mol. The van der Waals surface area contributed by atoms with E-state index in [1.807, 2.05) is 0 Å². The number of halogens is 2. The molecule has 1 amide bonds. The SMILES string of the molecule is COC1(C(=O)NCc2ccccc2CN2CCC(C)CC2)CCNCC1.Cl.Cl. The zero-order valence-electron chi connectivity index (χ0n) is 17.0. The minimum Gasteiger partial charge on any atom is -0.368 e. The highest BCUT2D eigenvalue weighted by molar-refractivity contribution is 5.86. The molecule has 0 spiro atoms. The molecule has 0 bridgehead atoms. The van der Waals surface area contributed by atoms with E-state index in [-0.39, 0.29) is 30.7 Å². The Morgan fingerprint density at radius 3 is 2.39 bits per heavy atom. The lowest BCUT2D eigenvalue weighted by atomic mass is 9.91. The van der Waals surface area contributed by atoms with Gasteiger partial charge >= 0.3 is 0 Å². The molecular weight excluding hydrogens is 397 g/mol. The number of rotatable bonds is 6. The average Bonchev–Trinajstić information content (AvgIpc) is 2.69. The van der Waals surface area contributed by atoms with Crippen molar-refractivity contribution in [1.82, 2.24) is 15.5 Å². The fraction of sp³-hybridized carbons (Fsp3) is 0.667. The minimum absolute atomic E-state index is 0. The van der Waals surface area contributed by atoms with Crippen LogP contribution in [-0.4, -0.2) is 49.7 Å². The fourth-order valence-corrected chi connectivity index (χ4v) is 4.04. The first-order valence-corrected chi connectivity index (χ1v) is 9.96. The molecule has 2 saturated heterocycles. The van der Waals surface area contributed by atoms with Gasteiger partial charge in [0.2, 0.25) is 0 Å². The smallest absolute Gasteiger partial charge is 0.252 e. The van der Waals surface area contributed by atoms with Crippen molar-refractivity contribution >= 4 is 30.7 Å². The van der Waals surface area contributed by atoms with E-state index in [4.69, 9.17) is 4.74 Å². The van der Waals surface area contributed by atoms with Crippen molar-refractivity contribution in [3.05, 3.63) is 35.4 Å². The van der Waals surface area contributed by atoms with Crippen molar-refractivity contribution in [3.63, 3.8) is 0 Å². The summed E-state index contributed by atoms with van der Waals surface area (Å²) in [5, 5.41) is 6.43. The van der Waals surface area contributed by atoms with E-state index < -0.39 is 5.60 Å². The third-order valence-electron chi connectivity index (χ3n) is 6.04. The van der Waals surface area contributed by atoms with Gasteiger partial charge in [-0.25, -0.2) is 0 Å². The first kappa shape index (κ1) is 25.2. The monoisotopic (exact) mass is 431 g/mol. The molecule has 2 aliphatic heterocycles. The maximum Gasteiger partial charge on any atom is 0.252 e. The van der Waals surface area contributed by atoms with E-state index in [1.54, 1.807) is 7.11 Å². The lowest BCUT2D eigenvalue weighted by Gasteiger charge is -2.35. The maximum absolute atomic E-state index is 12.8. The number of amides is 1. The Bertz CT molecular complexity index is 601. The fourth-order valence-electron chi connectivity index (χ4n) is 4.04. The first-order valence-electron chi connectivity index (χ1n) is 9.96. The van der Waals surface area contributed by atoms with E-state index in [2.05, 4.69) is 46.7 Å². The van der Waals surface area contributed by atoms with Gasteiger partial charge in [-0.3, -0.25) is 9.69 Å². The molecule has 0 atom stereocenters. The Morgan fingerprint density at radius 2 is 1.79 bits per heavy atom. The van der Waals surface area contributed by atoms with Gasteiger partial charge in [0.05, 0.1) is 0 Å². The summed E-state index contributed by atoms with van der Waals surface area (Å²) in [6.07, 6.45) is 4.01. The highest BCUT2D eigenvalue weighted by atomic mass is 35.5. The summed E-state index contributed by atoms with van der Waals surface area (Å²) >= 11 is 0. The van der Waals surface area contributed by atoms with Crippen molar-refractivity contribution < 1.29 is 9.53 Å². The normalized spacial score (nSPS) is 19.9. The van der Waals surface area contributed by atoms with Crippen LogP contribution in [0.25, 0.3) is 0 Å². The summed E-state index contributed by atoms with van der Waals surface area (Å²) in [7, 11) is 1.65. The lowest BCUT2D eigenvalue weighted by molar-refractivity contribution is -0.146. The number of nitrogens with zero attached hydrogens (tertiary/aromatic N) is 1. The molecule has 5 nitrogen and oxygen atoms in total. The van der Waals surface area contributed by atoms with Gasteiger partial charge in [0.1, 0.15) is 5.60 Å². The number of hydrogen-bond acceptors (Lipinski definition) is 4. The third kappa shape index (κ3) is 6.33. The summed E-state index contributed by atoms with van der Waals surface area (Å²) in [6, 6.07) is 8.47. The zero-order chi connectivity index (χ0) is 18.4. The molecule has 2 aliphatic rings. The first-order chi connectivity index (χ1) is 12.6. The van der Waals surface area contributed by atoms with Gasteiger partial charge in [-0.1, -0.05) is 31.2 Å². The Balaban J connectivity index is 0.00000196. The van der Waals surface area contributed by atoms with Gasteiger partial charge in [0.15, 0.2) is 0 Å². The molecular formula is C21H35Cl2N3O2. The van der Waals surface area contributed by atoms with Gasteiger partial charge in [-0.2, -0.15) is 0 Å². The molecule has 1 aromatic rings. The topological polar surface area (TPSA) is 53.6 Å². The Kier molecular flexibility index (Phi) is 10.8. The van der Waals surface area contributed by atoms with Crippen LogP contribution in [0.15, 0.2) is 24.3 Å². The number of hydrogen-bond donors (Lipinski definition) is 2. The van der Waals surface area contributed by atoms with Crippen LogP contribution in [0.4, 0.5) is 0 Å². The van der Waals surface area contributed by atoms with Gasteiger partial charge in [0, 0.05) is 20.2 Å². The maximum atomic E-state index is 12.8. The standard InChI is InChI=1S/C21H33N3O2.2ClH/c1-17-7-13-24(14-8-17)16-19-6-4-3-5-18(19)15-23-20(25)21(26-2)9-11-22-12-10-21;;/h3-6,17,22H,7-16H2,1-2H3,(H,23,25);2*1H. The van der Waals surface area contributed by atoms with Crippen LogP contribution in [0.1, 0.15) is 43.7 Å². The summed E-state index contributed by atoms with van der Waals surface area (Å²) in [5.74, 6) is 0.860. The Morgan fingerprint density at radius 1 is 1.18 bits per heavy atom. The second kappa shape index (κ2) is 12.0.